The Morgan fingerprint density at radius 1 is 1.14 bits per heavy atom. The van der Waals surface area contributed by atoms with Crippen LogP contribution in [0.15, 0.2) is 59.3 Å². The molecule has 106 valence electrons. The average Bonchev–Trinajstić information content (AvgIpc) is 2.82. The Hall–Kier alpha value is -1.78. The maximum absolute atomic E-state index is 6.24. The van der Waals surface area contributed by atoms with Crippen LogP contribution in [0.4, 0.5) is 5.82 Å². The number of nitrogens with two attached hydrogens (primary N) is 1. The molecule has 0 saturated heterocycles. The van der Waals surface area contributed by atoms with Gasteiger partial charge in [-0.1, -0.05) is 63.9 Å². The minimum atomic E-state index is 0.641. The van der Waals surface area contributed by atoms with Crippen LogP contribution >= 0.6 is 27.5 Å². The van der Waals surface area contributed by atoms with E-state index in [-0.39, 0.29) is 0 Å². The van der Waals surface area contributed by atoms with Gasteiger partial charge in [0.15, 0.2) is 0 Å². The number of aromatic nitrogens is 2. The number of anilines is 1. The Morgan fingerprint density at radius 2 is 1.90 bits per heavy atom. The van der Waals surface area contributed by atoms with Crippen LogP contribution in [-0.2, 0) is 6.54 Å². The van der Waals surface area contributed by atoms with Crippen molar-refractivity contribution >= 4 is 33.3 Å². The summed E-state index contributed by atoms with van der Waals surface area (Å²) in [4.78, 5) is 4.44. The summed E-state index contributed by atoms with van der Waals surface area (Å²) in [7, 11) is 0. The second-order valence-electron chi connectivity index (χ2n) is 4.72. The van der Waals surface area contributed by atoms with Gasteiger partial charge < -0.3 is 10.3 Å². The lowest BCUT2D eigenvalue weighted by atomic mass is 10.1. The molecule has 2 aromatic carbocycles. The van der Waals surface area contributed by atoms with Gasteiger partial charge in [-0.3, -0.25) is 0 Å². The van der Waals surface area contributed by atoms with Crippen LogP contribution in [0, 0.1) is 0 Å². The van der Waals surface area contributed by atoms with Crippen molar-refractivity contribution in [3.63, 3.8) is 0 Å². The number of halogens is 2. The van der Waals surface area contributed by atoms with Crippen molar-refractivity contribution in [2.24, 2.45) is 0 Å². The molecule has 3 aromatic rings. The van der Waals surface area contributed by atoms with E-state index in [1.54, 1.807) is 6.33 Å². The van der Waals surface area contributed by atoms with E-state index in [4.69, 9.17) is 17.3 Å². The monoisotopic (exact) mass is 361 g/mol. The number of hydrogen-bond acceptors (Lipinski definition) is 2. The lowest BCUT2D eigenvalue weighted by Gasteiger charge is -2.07. The van der Waals surface area contributed by atoms with Crippen LogP contribution in [0.2, 0.25) is 5.02 Å². The normalized spacial score (nSPS) is 10.8. The molecule has 3 rings (SSSR count). The van der Waals surface area contributed by atoms with E-state index in [0.717, 1.165) is 15.7 Å². The van der Waals surface area contributed by atoms with Gasteiger partial charge >= 0.3 is 0 Å². The molecule has 1 heterocycles. The molecule has 2 N–H and O–H groups in total. The van der Waals surface area contributed by atoms with E-state index in [1.165, 1.54) is 5.56 Å². The van der Waals surface area contributed by atoms with Gasteiger partial charge in [0.2, 0.25) is 0 Å². The minimum Gasteiger partial charge on any atom is -0.383 e. The van der Waals surface area contributed by atoms with Crippen molar-refractivity contribution in [3.05, 3.63) is 69.9 Å². The van der Waals surface area contributed by atoms with E-state index in [0.29, 0.717) is 17.4 Å². The van der Waals surface area contributed by atoms with Crippen molar-refractivity contribution in [2.75, 3.05) is 5.73 Å². The first-order valence-electron chi connectivity index (χ1n) is 6.45. The van der Waals surface area contributed by atoms with E-state index >= 15 is 0 Å². The molecule has 0 radical (unpaired) electrons. The molecule has 0 aliphatic carbocycles. The Morgan fingerprint density at radius 3 is 2.62 bits per heavy atom. The highest BCUT2D eigenvalue weighted by Crippen LogP contribution is 2.33. The summed E-state index contributed by atoms with van der Waals surface area (Å²) in [6.07, 6.45) is 1.76. The molecule has 3 nitrogen and oxygen atoms in total. The summed E-state index contributed by atoms with van der Waals surface area (Å²) in [6.45, 7) is 0.699. The number of benzene rings is 2. The topological polar surface area (TPSA) is 43.8 Å². The van der Waals surface area contributed by atoms with Crippen molar-refractivity contribution < 1.29 is 0 Å². The summed E-state index contributed by atoms with van der Waals surface area (Å²) in [5.41, 5.74) is 9.11. The molecule has 0 unspecified atom stereocenters. The molecular weight excluding hydrogens is 350 g/mol. The van der Waals surface area contributed by atoms with Crippen molar-refractivity contribution in [1.82, 2.24) is 9.55 Å². The van der Waals surface area contributed by atoms with Crippen LogP contribution in [-0.4, -0.2) is 9.55 Å². The molecule has 0 aliphatic rings. The van der Waals surface area contributed by atoms with Gasteiger partial charge in [-0.2, -0.15) is 0 Å². The summed E-state index contributed by atoms with van der Waals surface area (Å²) >= 11 is 9.47. The number of imidazole rings is 1. The van der Waals surface area contributed by atoms with E-state index in [9.17, 15) is 0 Å². The highest BCUT2D eigenvalue weighted by Gasteiger charge is 2.13. The van der Waals surface area contributed by atoms with E-state index in [1.807, 2.05) is 41.0 Å². The summed E-state index contributed by atoms with van der Waals surface area (Å²) in [5, 5.41) is 0.674. The molecule has 5 heteroatoms. The first-order chi connectivity index (χ1) is 10.1. The first-order valence-corrected chi connectivity index (χ1v) is 7.62. The average molecular weight is 363 g/mol. The van der Waals surface area contributed by atoms with Crippen LogP contribution < -0.4 is 5.73 Å². The quantitative estimate of drug-likeness (QED) is 0.740. The zero-order valence-corrected chi connectivity index (χ0v) is 13.5. The molecule has 0 atom stereocenters. The lowest BCUT2D eigenvalue weighted by Crippen LogP contribution is -2.03. The van der Waals surface area contributed by atoms with Gasteiger partial charge in [0.1, 0.15) is 11.5 Å². The van der Waals surface area contributed by atoms with Crippen molar-refractivity contribution in [1.29, 1.82) is 0 Å². The van der Waals surface area contributed by atoms with Crippen LogP contribution in [0.25, 0.3) is 11.3 Å². The third-order valence-electron chi connectivity index (χ3n) is 3.26. The van der Waals surface area contributed by atoms with Gasteiger partial charge in [-0.25, -0.2) is 4.98 Å². The number of hydrogen-bond donors (Lipinski definition) is 1. The third kappa shape index (κ3) is 2.96. The Balaban J connectivity index is 1.96. The first kappa shape index (κ1) is 14.2. The summed E-state index contributed by atoms with van der Waals surface area (Å²) in [5.74, 6) is 0.641. The predicted octanol–water partition coefficient (Wildman–Crippen LogP) is 4.60. The van der Waals surface area contributed by atoms with Gasteiger partial charge in [0, 0.05) is 15.1 Å². The zero-order chi connectivity index (χ0) is 14.8. The molecular formula is C16H13BrClN3. The number of nitrogens with zero attached hydrogens (tertiary/aromatic N) is 2. The smallest absolute Gasteiger partial charge is 0.131 e. The SMILES string of the molecule is Nc1c(-c2ccc(Cl)cc2Br)ncn1Cc1ccccc1. The summed E-state index contributed by atoms with van der Waals surface area (Å²) < 4.78 is 2.82. The van der Waals surface area contributed by atoms with Crippen LogP contribution in [0.3, 0.4) is 0 Å². The maximum atomic E-state index is 6.24. The second kappa shape index (κ2) is 5.92. The fourth-order valence-corrected chi connectivity index (χ4v) is 3.06. The number of nitrogen functional groups attached to an aromatic ring is 1. The molecule has 1 aromatic heterocycles. The molecule has 0 aliphatic heterocycles. The summed E-state index contributed by atoms with van der Waals surface area (Å²) in [6, 6.07) is 15.7. The molecule has 21 heavy (non-hydrogen) atoms. The second-order valence-corrected chi connectivity index (χ2v) is 6.01. The minimum absolute atomic E-state index is 0.641. The van der Waals surface area contributed by atoms with E-state index < -0.39 is 0 Å². The van der Waals surface area contributed by atoms with Crippen LogP contribution in [0.5, 0.6) is 0 Å². The largest absolute Gasteiger partial charge is 0.383 e. The zero-order valence-electron chi connectivity index (χ0n) is 11.1. The van der Waals surface area contributed by atoms with Crippen LogP contribution in [0.1, 0.15) is 5.56 Å². The molecule has 0 bridgehead atoms. The molecule has 0 fully saturated rings. The van der Waals surface area contributed by atoms with Gasteiger partial charge in [0.05, 0.1) is 12.9 Å². The van der Waals surface area contributed by atoms with Gasteiger partial charge in [-0.15, -0.1) is 0 Å². The highest BCUT2D eigenvalue weighted by molar-refractivity contribution is 9.10. The standard InChI is InChI=1S/C16H13BrClN3/c17-14-8-12(18)6-7-13(14)15-16(19)21(10-20-15)9-11-4-2-1-3-5-11/h1-8,10H,9,19H2. The highest BCUT2D eigenvalue weighted by atomic mass is 79.9. The fourth-order valence-electron chi connectivity index (χ4n) is 2.19. The fraction of sp³-hybridized carbons (Fsp3) is 0.0625. The van der Waals surface area contributed by atoms with Gasteiger partial charge in [-0.05, 0) is 17.7 Å². The lowest BCUT2D eigenvalue weighted by molar-refractivity contribution is 0.808. The molecule has 0 spiro atoms. The van der Waals surface area contributed by atoms with E-state index in [2.05, 4.69) is 33.0 Å². The maximum Gasteiger partial charge on any atom is 0.131 e. The Bertz CT molecular complexity index is 768. The molecule has 0 amide bonds. The van der Waals surface area contributed by atoms with Crippen molar-refractivity contribution in [3.8, 4) is 11.3 Å². The Kier molecular flexibility index (Phi) is 3.99. The Labute approximate surface area is 136 Å². The van der Waals surface area contributed by atoms with Crippen molar-refractivity contribution in [2.45, 2.75) is 6.54 Å². The van der Waals surface area contributed by atoms with Gasteiger partial charge in [0.25, 0.3) is 0 Å². The third-order valence-corrected chi connectivity index (χ3v) is 4.15. The number of rotatable bonds is 3. The predicted molar refractivity (Wildman–Crippen MR) is 90.3 cm³/mol. The molecule has 0 saturated carbocycles.